The Morgan fingerprint density at radius 1 is 0.967 bits per heavy atom. The fourth-order valence-corrected chi connectivity index (χ4v) is 4.22. The van der Waals surface area contributed by atoms with E-state index in [1.54, 1.807) is 30.6 Å². The van der Waals surface area contributed by atoms with E-state index in [1.807, 2.05) is 36.4 Å². The van der Waals surface area contributed by atoms with Gasteiger partial charge in [0.25, 0.3) is 5.91 Å². The molecule has 1 aliphatic carbocycles. The molecule has 0 bridgehead atoms. The summed E-state index contributed by atoms with van der Waals surface area (Å²) in [7, 11) is 0. The molecule has 5 rings (SSSR count). The number of hydrogen-bond donors (Lipinski definition) is 2. The molecule has 2 aliphatic rings. The zero-order valence-corrected chi connectivity index (χ0v) is 16.1. The Bertz CT molecular complexity index is 1170. The summed E-state index contributed by atoms with van der Waals surface area (Å²) in [6.07, 6.45) is 2.84. The Balaban J connectivity index is 1.57. The number of nitrogens with one attached hydrogen (secondary N) is 1. The zero-order valence-electron chi connectivity index (χ0n) is 16.1. The van der Waals surface area contributed by atoms with Crippen LogP contribution in [0.5, 0.6) is 0 Å². The monoisotopic (exact) mass is 397 g/mol. The lowest BCUT2D eigenvalue weighted by Gasteiger charge is -2.27. The van der Waals surface area contributed by atoms with E-state index in [1.165, 1.54) is 0 Å². The Morgan fingerprint density at radius 2 is 1.80 bits per heavy atom. The molecule has 1 aromatic carbocycles. The number of fused-ring (bicyclic) bond motifs is 1. The van der Waals surface area contributed by atoms with Crippen LogP contribution in [0.15, 0.2) is 78.3 Å². The maximum atomic E-state index is 13.0. The molecule has 6 heteroatoms. The van der Waals surface area contributed by atoms with E-state index in [4.69, 9.17) is 0 Å². The number of aromatic nitrogens is 2. The SMILES string of the molecule is O=C1CC(c2ccccc2)CC2=C1C(O)c1nc(-c3cccnc3)ccc1C(=O)N2. The second kappa shape index (κ2) is 7.31. The molecule has 2 aromatic heterocycles. The molecule has 1 aliphatic heterocycles. The number of allylic oxidation sites excluding steroid dienone is 1. The molecule has 148 valence electrons. The minimum atomic E-state index is -1.25. The van der Waals surface area contributed by atoms with Crippen molar-refractivity contribution in [2.24, 2.45) is 0 Å². The second-order valence-corrected chi connectivity index (χ2v) is 7.56. The van der Waals surface area contributed by atoms with Gasteiger partial charge in [0.2, 0.25) is 0 Å². The number of carbonyl (C=O) groups is 2. The van der Waals surface area contributed by atoms with Gasteiger partial charge in [-0.05, 0) is 42.2 Å². The molecule has 0 spiro atoms. The molecule has 0 saturated heterocycles. The smallest absolute Gasteiger partial charge is 0.257 e. The Kier molecular flexibility index (Phi) is 4.48. The highest BCUT2D eigenvalue weighted by Gasteiger charge is 2.38. The predicted octanol–water partition coefficient (Wildman–Crippen LogP) is 3.32. The van der Waals surface area contributed by atoms with E-state index in [-0.39, 0.29) is 40.9 Å². The quantitative estimate of drug-likeness (QED) is 0.692. The topological polar surface area (TPSA) is 92.2 Å². The molecule has 2 unspecified atom stereocenters. The minimum Gasteiger partial charge on any atom is -0.382 e. The van der Waals surface area contributed by atoms with Crippen LogP contribution >= 0.6 is 0 Å². The Morgan fingerprint density at radius 3 is 2.57 bits per heavy atom. The van der Waals surface area contributed by atoms with E-state index in [2.05, 4.69) is 15.3 Å². The first kappa shape index (κ1) is 18.4. The summed E-state index contributed by atoms with van der Waals surface area (Å²) in [5.74, 6) is -0.565. The number of aliphatic hydroxyl groups is 1. The fraction of sp³-hybridized carbons (Fsp3) is 0.167. The molecular formula is C24H19N3O3. The number of ketones is 1. The van der Waals surface area contributed by atoms with E-state index >= 15 is 0 Å². The van der Waals surface area contributed by atoms with Gasteiger partial charge in [-0.15, -0.1) is 0 Å². The Hall–Kier alpha value is -3.64. The molecule has 3 heterocycles. The molecule has 0 radical (unpaired) electrons. The minimum absolute atomic E-state index is 0.0370. The van der Waals surface area contributed by atoms with E-state index < -0.39 is 6.10 Å². The van der Waals surface area contributed by atoms with Crippen molar-refractivity contribution in [2.45, 2.75) is 24.9 Å². The molecule has 2 atom stereocenters. The third-order valence-electron chi connectivity index (χ3n) is 5.70. The standard InChI is InChI=1S/C24H19N3O3/c28-20-12-16(14-5-2-1-3-6-14)11-19-21(20)23(29)22-17(24(30)27-19)8-9-18(26-22)15-7-4-10-25-13-15/h1-10,13,16,23,29H,11-12H2,(H,27,30). The van der Waals surface area contributed by atoms with Gasteiger partial charge in [0.05, 0.1) is 17.0 Å². The lowest BCUT2D eigenvalue weighted by Crippen LogP contribution is -2.29. The molecule has 30 heavy (non-hydrogen) atoms. The number of benzene rings is 1. The maximum Gasteiger partial charge on any atom is 0.257 e. The van der Waals surface area contributed by atoms with Crippen LogP contribution in [0, 0.1) is 0 Å². The number of nitrogens with zero attached hydrogens (tertiary/aromatic N) is 2. The number of amides is 1. The fourth-order valence-electron chi connectivity index (χ4n) is 4.22. The highest BCUT2D eigenvalue weighted by molar-refractivity contribution is 6.04. The lowest BCUT2D eigenvalue weighted by molar-refractivity contribution is -0.117. The van der Waals surface area contributed by atoms with E-state index in [0.717, 1.165) is 11.1 Å². The normalized spacial score (nSPS) is 20.8. The molecule has 0 saturated carbocycles. The first-order valence-electron chi connectivity index (χ1n) is 9.84. The van der Waals surface area contributed by atoms with Crippen LogP contribution in [0.1, 0.15) is 46.5 Å². The summed E-state index contributed by atoms with van der Waals surface area (Å²) in [5.41, 5.74) is 3.59. The maximum absolute atomic E-state index is 13.0. The number of hydrogen-bond acceptors (Lipinski definition) is 5. The van der Waals surface area contributed by atoms with Crippen molar-refractivity contribution in [1.29, 1.82) is 0 Å². The first-order chi connectivity index (χ1) is 14.6. The van der Waals surface area contributed by atoms with Crippen LogP contribution in [-0.4, -0.2) is 26.8 Å². The zero-order chi connectivity index (χ0) is 20.7. The first-order valence-corrected chi connectivity index (χ1v) is 9.84. The summed E-state index contributed by atoms with van der Waals surface area (Å²) in [6, 6.07) is 16.8. The summed E-state index contributed by atoms with van der Waals surface area (Å²) in [4.78, 5) is 34.6. The number of rotatable bonds is 2. The van der Waals surface area contributed by atoms with Gasteiger partial charge >= 0.3 is 0 Å². The predicted molar refractivity (Wildman–Crippen MR) is 110 cm³/mol. The van der Waals surface area contributed by atoms with Crippen LogP contribution in [0.3, 0.4) is 0 Å². The van der Waals surface area contributed by atoms with E-state index in [9.17, 15) is 14.7 Å². The van der Waals surface area contributed by atoms with Crippen molar-refractivity contribution in [3.05, 3.63) is 95.1 Å². The van der Waals surface area contributed by atoms with Gasteiger partial charge in [0.15, 0.2) is 5.78 Å². The summed E-state index contributed by atoms with van der Waals surface area (Å²) >= 11 is 0. The molecule has 2 N–H and O–H groups in total. The van der Waals surface area contributed by atoms with Gasteiger partial charge in [0.1, 0.15) is 6.10 Å². The summed E-state index contributed by atoms with van der Waals surface area (Å²) < 4.78 is 0. The van der Waals surface area contributed by atoms with Crippen molar-refractivity contribution in [3.8, 4) is 11.3 Å². The van der Waals surface area contributed by atoms with Gasteiger partial charge in [-0.2, -0.15) is 0 Å². The average Bonchev–Trinajstić information content (AvgIpc) is 2.89. The van der Waals surface area contributed by atoms with Crippen LogP contribution < -0.4 is 5.32 Å². The van der Waals surface area contributed by atoms with Crippen molar-refractivity contribution in [1.82, 2.24) is 15.3 Å². The molecular weight excluding hydrogens is 378 g/mol. The molecule has 1 amide bonds. The van der Waals surface area contributed by atoms with Gasteiger partial charge < -0.3 is 10.4 Å². The largest absolute Gasteiger partial charge is 0.382 e. The van der Waals surface area contributed by atoms with Crippen LogP contribution in [0.25, 0.3) is 11.3 Å². The highest BCUT2D eigenvalue weighted by Crippen LogP contribution is 2.40. The molecule has 6 nitrogen and oxygen atoms in total. The lowest BCUT2D eigenvalue weighted by atomic mass is 9.80. The van der Waals surface area contributed by atoms with Gasteiger partial charge in [-0.1, -0.05) is 30.3 Å². The second-order valence-electron chi connectivity index (χ2n) is 7.56. The van der Waals surface area contributed by atoms with Crippen molar-refractivity contribution >= 4 is 11.7 Å². The highest BCUT2D eigenvalue weighted by atomic mass is 16.3. The van der Waals surface area contributed by atoms with E-state index in [0.29, 0.717) is 17.8 Å². The number of carbonyl (C=O) groups excluding carboxylic acids is 2. The van der Waals surface area contributed by atoms with Gasteiger partial charge in [-0.3, -0.25) is 14.6 Å². The van der Waals surface area contributed by atoms with Crippen LogP contribution in [0.2, 0.25) is 0 Å². The van der Waals surface area contributed by atoms with Crippen LogP contribution in [-0.2, 0) is 4.79 Å². The number of aliphatic hydroxyl groups excluding tert-OH is 1. The number of pyridine rings is 2. The summed E-state index contributed by atoms with van der Waals surface area (Å²) in [6.45, 7) is 0. The number of Topliss-reactive ketones (excluding diaryl/α,β-unsaturated/α-hetero) is 1. The van der Waals surface area contributed by atoms with Crippen LogP contribution in [0.4, 0.5) is 0 Å². The molecule has 3 aromatic rings. The van der Waals surface area contributed by atoms with Crippen molar-refractivity contribution < 1.29 is 14.7 Å². The van der Waals surface area contributed by atoms with Crippen molar-refractivity contribution in [3.63, 3.8) is 0 Å². The van der Waals surface area contributed by atoms with Gasteiger partial charge in [0, 0.05) is 35.6 Å². The third-order valence-corrected chi connectivity index (χ3v) is 5.70. The third kappa shape index (κ3) is 3.11. The Labute approximate surface area is 173 Å². The van der Waals surface area contributed by atoms with Gasteiger partial charge in [-0.25, -0.2) is 4.98 Å². The summed E-state index contributed by atoms with van der Waals surface area (Å²) in [5, 5.41) is 14.0. The van der Waals surface area contributed by atoms with Crippen molar-refractivity contribution in [2.75, 3.05) is 0 Å². The average molecular weight is 397 g/mol. The molecule has 0 fully saturated rings.